The SMILES string of the molecule is CCC(C(=O)NC(C)(C)C)N(Cc1ccc(OC)cc1)C(=O)CN(c1cc(C)cc(C)c1)S(=O)(=O)c1ccc(C)cc1. The van der Waals surface area contributed by atoms with Crippen molar-refractivity contribution in [2.45, 2.75) is 77.9 Å². The lowest BCUT2D eigenvalue weighted by molar-refractivity contribution is -0.141. The Morgan fingerprint density at radius 2 is 1.45 bits per heavy atom. The van der Waals surface area contributed by atoms with Crippen LogP contribution in [0.15, 0.2) is 71.6 Å². The Labute approximate surface area is 250 Å². The van der Waals surface area contributed by atoms with Gasteiger partial charge in [-0.25, -0.2) is 8.42 Å². The summed E-state index contributed by atoms with van der Waals surface area (Å²) in [6.07, 6.45) is 0.345. The second-order valence-electron chi connectivity index (χ2n) is 11.7. The van der Waals surface area contributed by atoms with E-state index in [1.807, 2.05) is 66.7 Å². The van der Waals surface area contributed by atoms with Gasteiger partial charge in [0.25, 0.3) is 10.0 Å². The van der Waals surface area contributed by atoms with Crippen LogP contribution in [0.4, 0.5) is 5.69 Å². The molecule has 0 spiro atoms. The van der Waals surface area contributed by atoms with Gasteiger partial charge in [-0.2, -0.15) is 0 Å². The molecule has 0 heterocycles. The zero-order chi connectivity index (χ0) is 31.2. The van der Waals surface area contributed by atoms with Crippen LogP contribution in [0.5, 0.6) is 5.75 Å². The van der Waals surface area contributed by atoms with Gasteiger partial charge in [0.1, 0.15) is 18.3 Å². The highest BCUT2D eigenvalue weighted by Crippen LogP contribution is 2.27. The number of carbonyl (C=O) groups excluding carboxylic acids is 2. The first kappa shape index (κ1) is 32.7. The molecule has 3 aromatic carbocycles. The predicted octanol–water partition coefficient (Wildman–Crippen LogP) is 5.54. The molecular formula is C33H43N3O5S. The van der Waals surface area contributed by atoms with E-state index in [9.17, 15) is 18.0 Å². The third-order valence-corrected chi connectivity index (χ3v) is 8.57. The lowest BCUT2D eigenvalue weighted by Crippen LogP contribution is -2.55. The van der Waals surface area contributed by atoms with Gasteiger partial charge in [-0.1, -0.05) is 42.8 Å². The standard InChI is InChI=1S/C33H43N3O5S/c1-9-30(32(38)34-33(5,6)7)35(21-26-12-14-28(41-8)15-13-26)31(37)22-36(27-19-24(3)18-25(4)20-27)42(39,40)29-16-10-23(2)11-17-29/h10-20,30H,9,21-22H2,1-8H3,(H,34,38). The van der Waals surface area contributed by atoms with E-state index in [4.69, 9.17) is 4.74 Å². The van der Waals surface area contributed by atoms with E-state index >= 15 is 0 Å². The number of methoxy groups -OCH3 is 1. The summed E-state index contributed by atoms with van der Waals surface area (Å²) < 4.78 is 34.6. The number of ether oxygens (including phenoxy) is 1. The normalized spacial score (nSPS) is 12.4. The molecule has 8 nitrogen and oxygen atoms in total. The maximum Gasteiger partial charge on any atom is 0.264 e. The number of anilines is 1. The van der Waals surface area contributed by atoms with E-state index in [-0.39, 0.29) is 17.3 Å². The fourth-order valence-corrected chi connectivity index (χ4v) is 6.16. The lowest BCUT2D eigenvalue weighted by Gasteiger charge is -2.35. The van der Waals surface area contributed by atoms with Crippen LogP contribution in [-0.2, 0) is 26.2 Å². The summed E-state index contributed by atoms with van der Waals surface area (Å²) in [5.41, 5.74) is 3.31. The van der Waals surface area contributed by atoms with Crippen molar-refractivity contribution >= 4 is 27.5 Å². The van der Waals surface area contributed by atoms with Crippen molar-refractivity contribution in [2.24, 2.45) is 0 Å². The summed E-state index contributed by atoms with van der Waals surface area (Å²) in [6, 6.07) is 18.4. The number of rotatable bonds is 11. The van der Waals surface area contributed by atoms with Crippen molar-refractivity contribution in [3.8, 4) is 5.75 Å². The minimum Gasteiger partial charge on any atom is -0.497 e. The zero-order valence-electron chi connectivity index (χ0n) is 25.9. The fourth-order valence-electron chi connectivity index (χ4n) is 4.76. The number of aryl methyl sites for hydroxylation is 3. The Morgan fingerprint density at radius 3 is 1.95 bits per heavy atom. The number of nitrogens with zero attached hydrogens (tertiary/aromatic N) is 2. The molecule has 0 aromatic heterocycles. The van der Waals surface area contributed by atoms with E-state index in [0.29, 0.717) is 17.9 Å². The van der Waals surface area contributed by atoms with E-state index in [1.54, 1.807) is 55.6 Å². The molecule has 3 rings (SSSR count). The number of sulfonamides is 1. The molecule has 1 N–H and O–H groups in total. The van der Waals surface area contributed by atoms with Crippen LogP contribution in [-0.4, -0.2) is 50.4 Å². The molecule has 1 unspecified atom stereocenters. The first-order chi connectivity index (χ1) is 19.6. The number of nitrogens with one attached hydrogen (secondary N) is 1. The summed E-state index contributed by atoms with van der Waals surface area (Å²) in [6.45, 7) is 12.8. The molecule has 0 aliphatic carbocycles. The van der Waals surface area contributed by atoms with E-state index in [1.165, 1.54) is 4.90 Å². The van der Waals surface area contributed by atoms with Crippen molar-refractivity contribution in [1.29, 1.82) is 0 Å². The summed E-state index contributed by atoms with van der Waals surface area (Å²) in [7, 11) is -2.55. The largest absolute Gasteiger partial charge is 0.497 e. The van der Waals surface area contributed by atoms with E-state index < -0.39 is 34.1 Å². The van der Waals surface area contributed by atoms with Crippen LogP contribution in [0.3, 0.4) is 0 Å². The number of benzene rings is 3. The average molecular weight is 594 g/mol. The quantitative estimate of drug-likeness (QED) is 0.315. The van der Waals surface area contributed by atoms with Gasteiger partial charge in [-0.15, -0.1) is 0 Å². The Balaban J connectivity index is 2.10. The number of amides is 2. The first-order valence-electron chi connectivity index (χ1n) is 14.1. The predicted molar refractivity (Wildman–Crippen MR) is 167 cm³/mol. The number of carbonyl (C=O) groups is 2. The maximum atomic E-state index is 14.2. The van der Waals surface area contributed by atoms with Crippen molar-refractivity contribution in [2.75, 3.05) is 18.0 Å². The fraction of sp³-hybridized carbons (Fsp3) is 0.394. The second kappa shape index (κ2) is 13.4. The van der Waals surface area contributed by atoms with Crippen LogP contribution in [0.2, 0.25) is 0 Å². The van der Waals surface area contributed by atoms with Crippen LogP contribution in [0, 0.1) is 20.8 Å². The molecule has 0 aliphatic rings. The van der Waals surface area contributed by atoms with E-state index in [0.717, 1.165) is 26.6 Å². The van der Waals surface area contributed by atoms with Crippen molar-refractivity contribution < 1.29 is 22.7 Å². The molecule has 0 fully saturated rings. The Kier molecular flexibility index (Phi) is 10.4. The highest BCUT2D eigenvalue weighted by atomic mass is 32.2. The Hall–Kier alpha value is -3.85. The lowest BCUT2D eigenvalue weighted by atomic mass is 10.1. The average Bonchev–Trinajstić information content (AvgIpc) is 2.90. The van der Waals surface area contributed by atoms with Gasteiger partial charge in [0, 0.05) is 12.1 Å². The summed E-state index contributed by atoms with van der Waals surface area (Å²) in [5.74, 6) is -0.123. The molecule has 2 amide bonds. The van der Waals surface area contributed by atoms with Crippen LogP contribution in [0.1, 0.15) is 56.4 Å². The highest BCUT2D eigenvalue weighted by Gasteiger charge is 2.34. The van der Waals surface area contributed by atoms with Crippen molar-refractivity contribution in [3.63, 3.8) is 0 Å². The molecule has 9 heteroatoms. The molecule has 42 heavy (non-hydrogen) atoms. The summed E-state index contributed by atoms with van der Waals surface area (Å²) in [4.78, 5) is 29.3. The molecule has 0 bridgehead atoms. The number of hydrogen-bond donors (Lipinski definition) is 1. The van der Waals surface area contributed by atoms with Gasteiger partial charge < -0.3 is 15.0 Å². The van der Waals surface area contributed by atoms with E-state index in [2.05, 4.69) is 5.32 Å². The van der Waals surface area contributed by atoms with Crippen molar-refractivity contribution in [3.05, 3.63) is 89.0 Å². The van der Waals surface area contributed by atoms with Crippen LogP contribution < -0.4 is 14.4 Å². The third kappa shape index (κ3) is 8.35. The van der Waals surface area contributed by atoms with Gasteiger partial charge in [0.05, 0.1) is 17.7 Å². The molecule has 0 saturated carbocycles. The molecular weight excluding hydrogens is 550 g/mol. The molecule has 0 radical (unpaired) electrons. The Bertz CT molecular complexity index is 1470. The minimum absolute atomic E-state index is 0.0827. The van der Waals surface area contributed by atoms with Gasteiger partial charge in [0.15, 0.2) is 0 Å². The highest BCUT2D eigenvalue weighted by molar-refractivity contribution is 7.92. The third-order valence-electron chi connectivity index (χ3n) is 6.78. The maximum absolute atomic E-state index is 14.2. The summed E-state index contributed by atoms with van der Waals surface area (Å²) in [5, 5.41) is 2.99. The van der Waals surface area contributed by atoms with Gasteiger partial charge in [0.2, 0.25) is 11.8 Å². The van der Waals surface area contributed by atoms with Gasteiger partial charge in [-0.05, 0) is 101 Å². The number of hydrogen-bond acceptors (Lipinski definition) is 5. The molecule has 226 valence electrons. The topological polar surface area (TPSA) is 96.0 Å². The molecule has 0 saturated heterocycles. The van der Waals surface area contributed by atoms with Gasteiger partial charge >= 0.3 is 0 Å². The zero-order valence-corrected chi connectivity index (χ0v) is 26.7. The molecule has 0 aliphatic heterocycles. The Morgan fingerprint density at radius 1 is 0.881 bits per heavy atom. The van der Waals surface area contributed by atoms with Crippen LogP contribution in [0.25, 0.3) is 0 Å². The van der Waals surface area contributed by atoms with Crippen LogP contribution >= 0.6 is 0 Å². The molecule has 3 aromatic rings. The second-order valence-corrected chi connectivity index (χ2v) is 13.6. The minimum atomic E-state index is -4.13. The van der Waals surface area contributed by atoms with Crippen molar-refractivity contribution in [1.82, 2.24) is 10.2 Å². The molecule has 1 atom stereocenters. The smallest absolute Gasteiger partial charge is 0.264 e. The summed E-state index contributed by atoms with van der Waals surface area (Å²) >= 11 is 0. The first-order valence-corrected chi connectivity index (χ1v) is 15.5. The monoisotopic (exact) mass is 593 g/mol. The van der Waals surface area contributed by atoms with Gasteiger partial charge in [-0.3, -0.25) is 13.9 Å².